The van der Waals surface area contributed by atoms with E-state index in [4.69, 9.17) is 0 Å². The Balaban J connectivity index is 1.91. The lowest BCUT2D eigenvalue weighted by atomic mass is 10.0. The highest BCUT2D eigenvalue weighted by molar-refractivity contribution is 5.97. The van der Waals surface area contributed by atoms with E-state index in [1.165, 1.54) is 0 Å². The van der Waals surface area contributed by atoms with Crippen molar-refractivity contribution in [3.05, 3.63) is 29.8 Å². The minimum absolute atomic E-state index is 0.107. The summed E-state index contributed by atoms with van der Waals surface area (Å²) < 4.78 is 0. The van der Waals surface area contributed by atoms with Crippen LogP contribution in [0.15, 0.2) is 24.3 Å². The first kappa shape index (κ1) is 13.1. The fourth-order valence-corrected chi connectivity index (χ4v) is 2.34. The molecule has 1 aliphatic rings. The van der Waals surface area contributed by atoms with Crippen LogP contribution in [0.1, 0.15) is 23.2 Å². The van der Waals surface area contributed by atoms with Gasteiger partial charge in [-0.25, -0.2) is 0 Å². The molecule has 0 spiro atoms. The van der Waals surface area contributed by atoms with E-state index in [1.54, 1.807) is 24.3 Å². The highest BCUT2D eigenvalue weighted by atomic mass is 16.3. The Labute approximate surface area is 108 Å². The fourth-order valence-electron chi connectivity index (χ4n) is 2.34. The van der Waals surface area contributed by atoms with E-state index in [9.17, 15) is 9.90 Å². The maximum atomic E-state index is 12.1. The Morgan fingerprint density at radius 3 is 2.56 bits per heavy atom. The minimum Gasteiger partial charge on any atom is -0.508 e. The third kappa shape index (κ3) is 3.31. The van der Waals surface area contributed by atoms with Gasteiger partial charge in [0.05, 0.1) is 6.54 Å². The van der Waals surface area contributed by atoms with Crippen molar-refractivity contribution in [1.29, 1.82) is 0 Å². The van der Waals surface area contributed by atoms with E-state index >= 15 is 0 Å². The Bertz CT molecular complexity index is 397. The van der Waals surface area contributed by atoms with Gasteiger partial charge in [-0.05, 0) is 57.2 Å². The van der Waals surface area contributed by atoms with Gasteiger partial charge in [0, 0.05) is 11.6 Å². The van der Waals surface area contributed by atoms with Crippen molar-refractivity contribution in [2.45, 2.75) is 18.9 Å². The molecule has 0 aliphatic carbocycles. The topological polar surface area (TPSA) is 52.6 Å². The summed E-state index contributed by atoms with van der Waals surface area (Å²) in [6.07, 6.45) is 2.19. The van der Waals surface area contributed by atoms with Crippen LogP contribution in [0, 0.1) is 0 Å². The molecule has 1 fully saturated rings. The van der Waals surface area contributed by atoms with Gasteiger partial charge in [-0.1, -0.05) is 0 Å². The SMILES string of the molecule is CN(CC(=O)c1ccc(O)cc1)C1CCNCC1. The number of aromatic hydroxyl groups is 1. The van der Waals surface area contributed by atoms with E-state index in [-0.39, 0.29) is 11.5 Å². The number of rotatable bonds is 4. The third-order valence-corrected chi connectivity index (χ3v) is 3.51. The number of likely N-dealkylation sites (N-methyl/N-ethyl adjacent to an activating group) is 1. The lowest BCUT2D eigenvalue weighted by Crippen LogP contribution is -2.43. The molecule has 0 saturated carbocycles. The number of Topliss-reactive ketones (excluding diaryl/α,β-unsaturated/α-hetero) is 1. The van der Waals surface area contributed by atoms with Gasteiger partial charge in [0.1, 0.15) is 5.75 Å². The molecule has 2 N–H and O–H groups in total. The molecule has 0 unspecified atom stereocenters. The molecule has 0 aromatic heterocycles. The molecule has 18 heavy (non-hydrogen) atoms. The molecule has 4 nitrogen and oxygen atoms in total. The molecule has 0 atom stereocenters. The van der Waals surface area contributed by atoms with E-state index < -0.39 is 0 Å². The summed E-state index contributed by atoms with van der Waals surface area (Å²) in [5.74, 6) is 0.300. The zero-order valence-corrected chi connectivity index (χ0v) is 10.7. The Hall–Kier alpha value is -1.39. The van der Waals surface area contributed by atoms with E-state index in [2.05, 4.69) is 10.2 Å². The van der Waals surface area contributed by atoms with Crippen molar-refractivity contribution < 1.29 is 9.90 Å². The highest BCUT2D eigenvalue weighted by Gasteiger charge is 2.20. The molecular weight excluding hydrogens is 228 g/mol. The zero-order valence-electron chi connectivity index (χ0n) is 10.7. The molecule has 1 saturated heterocycles. The Kier molecular flexibility index (Phi) is 4.33. The van der Waals surface area contributed by atoms with Crippen molar-refractivity contribution in [1.82, 2.24) is 10.2 Å². The summed E-state index contributed by atoms with van der Waals surface area (Å²) in [6.45, 7) is 2.50. The number of nitrogens with one attached hydrogen (secondary N) is 1. The normalized spacial score (nSPS) is 17.0. The van der Waals surface area contributed by atoms with Crippen LogP contribution in [0.5, 0.6) is 5.75 Å². The van der Waals surface area contributed by atoms with Gasteiger partial charge in [0.2, 0.25) is 0 Å². The van der Waals surface area contributed by atoms with Crippen LogP contribution in [-0.2, 0) is 0 Å². The van der Waals surface area contributed by atoms with E-state index in [0.29, 0.717) is 18.2 Å². The summed E-state index contributed by atoms with van der Waals surface area (Å²) in [7, 11) is 2.01. The van der Waals surface area contributed by atoms with Crippen LogP contribution in [0.3, 0.4) is 0 Å². The maximum absolute atomic E-state index is 12.1. The quantitative estimate of drug-likeness (QED) is 0.788. The molecule has 0 amide bonds. The van der Waals surface area contributed by atoms with Gasteiger partial charge < -0.3 is 10.4 Å². The second-order valence-corrected chi connectivity index (χ2v) is 4.87. The molecule has 1 aromatic carbocycles. The number of ketones is 1. The van der Waals surface area contributed by atoms with Crippen LogP contribution >= 0.6 is 0 Å². The molecule has 0 radical (unpaired) electrons. The summed E-state index contributed by atoms with van der Waals surface area (Å²) in [5.41, 5.74) is 0.661. The number of phenolic OH excluding ortho intramolecular Hbond substituents is 1. The van der Waals surface area contributed by atoms with Gasteiger partial charge in [0.25, 0.3) is 0 Å². The largest absolute Gasteiger partial charge is 0.508 e. The van der Waals surface area contributed by atoms with Crippen LogP contribution in [0.25, 0.3) is 0 Å². The van der Waals surface area contributed by atoms with Crippen LogP contribution in [0.4, 0.5) is 0 Å². The predicted octanol–water partition coefficient (Wildman–Crippen LogP) is 1.26. The van der Waals surface area contributed by atoms with Gasteiger partial charge in [-0.15, -0.1) is 0 Å². The van der Waals surface area contributed by atoms with Crippen LogP contribution in [-0.4, -0.2) is 48.5 Å². The fraction of sp³-hybridized carbons (Fsp3) is 0.500. The predicted molar refractivity (Wildman–Crippen MR) is 71.0 cm³/mol. The van der Waals surface area contributed by atoms with Crippen molar-refractivity contribution in [3.8, 4) is 5.75 Å². The first-order valence-electron chi connectivity index (χ1n) is 6.40. The van der Waals surface area contributed by atoms with Crippen LogP contribution < -0.4 is 5.32 Å². The molecule has 2 rings (SSSR count). The molecule has 4 heteroatoms. The first-order chi connectivity index (χ1) is 8.66. The minimum atomic E-state index is 0.107. The second-order valence-electron chi connectivity index (χ2n) is 4.87. The number of phenols is 1. The highest BCUT2D eigenvalue weighted by Crippen LogP contribution is 2.13. The Morgan fingerprint density at radius 1 is 1.33 bits per heavy atom. The van der Waals surface area contributed by atoms with Crippen molar-refractivity contribution in [3.63, 3.8) is 0 Å². The molecule has 98 valence electrons. The Morgan fingerprint density at radius 2 is 1.94 bits per heavy atom. The average molecular weight is 248 g/mol. The van der Waals surface area contributed by atoms with Crippen molar-refractivity contribution >= 4 is 5.78 Å². The monoisotopic (exact) mass is 248 g/mol. The van der Waals surface area contributed by atoms with Crippen molar-refractivity contribution in [2.75, 3.05) is 26.7 Å². The number of carbonyl (C=O) groups is 1. The molecule has 1 aliphatic heterocycles. The lowest BCUT2D eigenvalue weighted by molar-refractivity contribution is 0.0903. The molecular formula is C14H20N2O2. The lowest BCUT2D eigenvalue weighted by Gasteiger charge is -2.31. The number of nitrogens with zero attached hydrogens (tertiary/aromatic N) is 1. The summed E-state index contributed by atoms with van der Waals surface area (Å²) in [5, 5.41) is 12.5. The smallest absolute Gasteiger partial charge is 0.176 e. The van der Waals surface area contributed by atoms with Gasteiger partial charge in [-0.2, -0.15) is 0 Å². The van der Waals surface area contributed by atoms with Gasteiger partial charge in [-0.3, -0.25) is 9.69 Å². The number of piperidine rings is 1. The van der Waals surface area contributed by atoms with E-state index in [1.807, 2.05) is 7.05 Å². The number of carbonyl (C=O) groups excluding carboxylic acids is 1. The zero-order chi connectivity index (χ0) is 13.0. The molecule has 1 heterocycles. The van der Waals surface area contributed by atoms with Crippen molar-refractivity contribution in [2.24, 2.45) is 0 Å². The van der Waals surface area contributed by atoms with Gasteiger partial charge in [0.15, 0.2) is 5.78 Å². The first-order valence-corrected chi connectivity index (χ1v) is 6.40. The van der Waals surface area contributed by atoms with Gasteiger partial charge >= 0.3 is 0 Å². The van der Waals surface area contributed by atoms with Crippen LogP contribution in [0.2, 0.25) is 0 Å². The number of hydrogen-bond acceptors (Lipinski definition) is 4. The summed E-state index contributed by atoms with van der Waals surface area (Å²) in [6, 6.07) is 6.95. The maximum Gasteiger partial charge on any atom is 0.176 e. The summed E-state index contributed by atoms with van der Waals surface area (Å²) in [4.78, 5) is 14.2. The second kappa shape index (κ2) is 5.98. The standard InChI is InChI=1S/C14H20N2O2/c1-16(12-6-8-15-9-7-12)10-14(18)11-2-4-13(17)5-3-11/h2-5,12,15,17H,6-10H2,1H3. The van der Waals surface area contributed by atoms with E-state index in [0.717, 1.165) is 25.9 Å². The molecule has 0 bridgehead atoms. The average Bonchev–Trinajstić information content (AvgIpc) is 2.40. The molecule has 1 aromatic rings. The third-order valence-electron chi connectivity index (χ3n) is 3.51. The summed E-state index contributed by atoms with van der Waals surface area (Å²) >= 11 is 0. The number of hydrogen-bond donors (Lipinski definition) is 2. The number of benzene rings is 1.